The van der Waals surface area contributed by atoms with Gasteiger partial charge in [0, 0.05) is 11.5 Å². The van der Waals surface area contributed by atoms with Gasteiger partial charge in [-0.05, 0) is 24.1 Å². The molecule has 0 spiro atoms. The van der Waals surface area contributed by atoms with Crippen LogP contribution in [0.2, 0.25) is 0 Å². The number of esters is 1. The Kier molecular flexibility index (Phi) is 2.63. The minimum absolute atomic E-state index is 0.114. The van der Waals surface area contributed by atoms with E-state index in [4.69, 9.17) is 4.74 Å². The summed E-state index contributed by atoms with van der Waals surface area (Å²) in [7, 11) is 0. The second-order valence-electron chi connectivity index (χ2n) is 4.63. The molecular weight excluding hydrogens is 224 g/mol. The minimum Gasteiger partial charge on any atom is -0.426 e. The predicted octanol–water partition coefficient (Wildman–Crippen LogP) is 3.44. The van der Waals surface area contributed by atoms with Crippen LogP contribution >= 0.6 is 0 Å². The Bertz CT molecular complexity index is 602. The van der Waals surface area contributed by atoms with E-state index in [1.54, 1.807) is 0 Å². The quantitative estimate of drug-likeness (QED) is 0.562. The Morgan fingerprint density at radius 2 is 1.67 bits per heavy atom. The van der Waals surface area contributed by atoms with E-state index in [2.05, 4.69) is 19.1 Å². The van der Waals surface area contributed by atoms with Gasteiger partial charge >= 0.3 is 5.97 Å². The fourth-order valence-corrected chi connectivity index (χ4v) is 2.56. The second-order valence-corrected chi connectivity index (χ2v) is 4.63. The molecule has 1 aliphatic rings. The number of hydrogen-bond acceptors (Lipinski definition) is 2. The fraction of sp³-hybridized carbons (Fsp3) is 0.188. The third-order valence-electron chi connectivity index (χ3n) is 3.45. The summed E-state index contributed by atoms with van der Waals surface area (Å²) < 4.78 is 5.28. The van der Waals surface area contributed by atoms with Crippen molar-refractivity contribution in [1.82, 2.24) is 0 Å². The van der Waals surface area contributed by atoms with Crippen LogP contribution < -0.4 is 4.74 Å². The van der Waals surface area contributed by atoms with E-state index in [-0.39, 0.29) is 11.9 Å². The number of ether oxygens (including phenoxy) is 1. The topological polar surface area (TPSA) is 26.3 Å². The van der Waals surface area contributed by atoms with Crippen LogP contribution in [-0.4, -0.2) is 5.97 Å². The Morgan fingerprint density at radius 3 is 2.44 bits per heavy atom. The molecule has 1 heterocycles. The highest BCUT2D eigenvalue weighted by Gasteiger charge is 2.28. The average molecular weight is 238 g/mol. The van der Waals surface area contributed by atoms with Crippen molar-refractivity contribution in [3.63, 3.8) is 0 Å². The largest absolute Gasteiger partial charge is 0.426 e. The summed E-state index contributed by atoms with van der Waals surface area (Å²) in [5.41, 5.74) is 3.53. The van der Waals surface area contributed by atoms with Crippen molar-refractivity contribution in [2.24, 2.45) is 0 Å². The molecule has 0 bridgehead atoms. The molecular formula is C16H14O2. The lowest BCUT2D eigenvalue weighted by Gasteiger charge is -2.25. The average Bonchev–Trinajstić information content (AvgIpc) is 2.38. The highest BCUT2D eigenvalue weighted by molar-refractivity contribution is 5.77. The zero-order valence-corrected chi connectivity index (χ0v) is 10.2. The third-order valence-corrected chi connectivity index (χ3v) is 3.45. The summed E-state index contributed by atoms with van der Waals surface area (Å²) in [4.78, 5) is 11.7. The summed E-state index contributed by atoms with van der Waals surface area (Å²) in [5, 5.41) is 0. The van der Waals surface area contributed by atoms with Crippen molar-refractivity contribution in [2.45, 2.75) is 19.3 Å². The first-order valence-corrected chi connectivity index (χ1v) is 6.11. The molecule has 0 saturated heterocycles. The van der Waals surface area contributed by atoms with E-state index in [1.165, 1.54) is 11.1 Å². The summed E-state index contributed by atoms with van der Waals surface area (Å²) in [5.74, 6) is 0.660. The molecule has 0 aromatic heterocycles. The predicted molar refractivity (Wildman–Crippen MR) is 69.7 cm³/mol. The molecule has 0 fully saturated rings. The lowest BCUT2D eigenvalue weighted by molar-refractivity contribution is -0.135. The van der Waals surface area contributed by atoms with Crippen LogP contribution in [-0.2, 0) is 4.79 Å². The zero-order chi connectivity index (χ0) is 12.5. The Labute approximate surface area is 106 Å². The third kappa shape index (κ3) is 1.80. The highest BCUT2D eigenvalue weighted by Crippen LogP contribution is 2.39. The summed E-state index contributed by atoms with van der Waals surface area (Å²) in [6, 6.07) is 16.0. The number of carbonyl (C=O) groups is 1. The van der Waals surface area contributed by atoms with Gasteiger partial charge in [-0.15, -0.1) is 0 Å². The normalized spacial score (nSPS) is 18.1. The maximum atomic E-state index is 11.7. The van der Waals surface area contributed by atoms with Crippen LogP contribution in [0.1, 0.15) is 29.0 Å². The second kappa shape index (κ2) is 4.30. The SMILES string of the molecule is Cc1ccccc1C1CC(=O)Oc2ccccc21. The van der Waals surface area contributed by atoms with Gasteiger partial charge in [0.2, 0.25) is 0 Å². The van der Waals surface area contributed by atoms with Gasteiger partial charge in [0.15, 0.2) is 0 Å². The van der Waals surface area contributed by atoms with Gasteiger partial charge in [0.25, 0.3) is 0 Å². The minimum atomic E-state index is -0.151. The number of benzene rings is 2. The van der Waals surface area contributed by atoms with Gasteiger partial charge in [0.1, 0.15) is 5.75 Å². The smallest absolute Gasteiger partial charge is 0.312 e. The molecule has 2 aromatic carbocycles. The van der Waals surface area contributed by atoms with Crippen molar-refractivity contribution in [3.8, 4) is 5.75 Å². The molecule has 18 heavy (non-hydrogen) atoms. The number of carbonyl (C=O) groups excluding carboxylic acids is 1. The van der Waals surface area contributed by atoms with Crippen LogP contribution in [0.3, 0.4) is 0 Å². The Morgan fingerprint density at radius 1 is 1.00 bits per heavy atom. The molecule has 1 aliphatic heterocycles. The van der Waals surface area contributed by atoms with Gasteiger partial charge in [-0.1, -0.05) is 42.5 Å². The Hall–Kier alpha value is -2.09. The molecule has 1 unspecified atom stereocenters. The van der Waals surface area contributed by atoms with Gasteiger partial charge in [-0.25, -0.2) is 0 Å². The van der Waals surface area contributed by atoms with E-state index in [0.29, 0.717) is 12.2 Å². The lowest BCUT2D eigenvalue weighted by Crippen LogP contribution is -2.21. The van der Waals surface area contributed by atoms with E-state index in [9.17, 15) is 4.79 Å². The molecule has 2 heteroatoms. The summed E-state index contributed by atoms with van der Waals surface area (Å²) in [6.45, 7) is 2.08. The first-order chi connectivity index (χ1) is 8.75. The zero-order valence-electron chi connectivity index (χ0n) is 10.2. The molecule has 2 aromatic rings. The highest BCUT2D eigenvalue weighted by atomic mass is 16.5. The molecule has 90 valence electrons. The molecule has 0 aliphatic carbocycles. The van der Waals surface area contributed by atoms with Gasteiger partial charge < -0.3 is 4.74 Å². The van der Waals surface area contributed by atoms with Crippen LogP contribution in [0.15, 0.2) is 48.5 Å². The van der Waals surface area contributed by atoms with Crippen LogP contribution in [0, 0.1) is 6.92 Å². The first-order valence-electron chi connectivity index (χ1n) is 6.11. The van der Waals surface area contributed by atoms with Crippen molar-refractivity contribution in [1.29, 1.82) is 0 Å². The van der Waals surface area contributed by atoms with Crippen molar-refractivity contribution in [2.75, 3.05) is 0 Å². The number of hydrogen-bond donors (Lipinski definition) is 0. The standard InChI is InChI=1S/C16H14O2/c1-11-6-2-3-7-12(11)14-10-16(17)18-15-9-5-4-8-13(14)15/h2-9,14H,10H2,1H3. The van der Waals surface area contributed by atoms with Gasteiger partial charge in [0.05, 0.1) is 6.42 Å². The molecule has 3 rings (SSSR count). The van der Waals surface area contributed by atoms with Crippen molar-refractivity contribution >= 4 is 5.97 Å². The van der Waals surface area contributed by atoms with Crippen LogP contribution in [0.5, 0.6) is 5.75 Å². The van der Waals surface area contributed by atoms with Crippen LogP contribution in [0.4, 0.5) is 0 Å². The molecule has 2 nitrogen and oxygen atoms in total. The summed E-state index contributed by atoms with van der Waals surface area (Å²) >= 11 is 0. The first kappa shape index (κ1) is 11.0. The number of fused-ring (bicyclic) bond motifs is 1. The fourth-order valence-electron chi connectivity index (χ4n) is 2.56. The van der Waals surface area contributed by atoms with E-state index in [0.717, 1.165) is 5.56 Å². The van der Waals surface area contributed by atoms with E-state index in [1.807, 2.05) is 36.4 Å². The number of para-hydroxylation sites is 1. The van der Waals surface area contributed by atoms with E-state index < -0.39 is 0 Å². The molecule has 0 amide bonds. The van der Waals surface area contributed by atoms with Crippen LogP contribution in [0.25, 0.3) is 0 Å². The molecule has 0 radical (unpaired) electrons. The molecule has 0 N–H and O–H groups in total. The number of aryl methyl sites for hydroxylation is 1. The van der Waals surface area contributed by atoms with Gasteiger partial charge in [-0.3, -0.25) is 4.79 Å². The van der Waals surface area contributed by atoms with Crippen molar-refractivity contribution in [3.05, 3.63) is 65.2 Å². The van der Waals surface area contributed by atoms with Crippen molar-refractivity contribution < 1.29 is 9.53 Å². The lowest BCUT2D eigenvalue weighted by atomic mass is 9.84. The maximum Gasteiger partial charge on any atom is 0.312 e. The maximum absolute atomic E-state index is 11.7. The molecule has 1 atom stereocenters. The Balaban J connectivity index is 2.13. The van der Waals surface area contributed by atoms with E-state index >= 15 is 0 Å². The summed E-state index contributed by atoms with van der Waals surface area (Å²) in [6.07, 6.45) is 0.419. The van der Waals surface area contributed by atoms with Gasteiger partial charge in [-0.2, -0.15) is 0 Å². The monoisotopic (exact) mass is 238 g/mol. The molecule has 0 saturated carbocycles. The number of rotatable bonds is 1.